The van der Waals surface area contributed by atoms with Crippen molar-refractivity contribution in [2.45, 2.75) is 216 Å². The number of hydrogen-bond donors (Lipinski definition) is 0. The molecular formula is C41H74O8. The largest absolute Gasteiger partial charge is 0.300 e. The van der Waals surface area contributed by atoms with Crippen LogP contribution < -0.4 is 0 Å². The maximum Gasteiger partial charge on any atom is 0.133 e. The van der Waals surface area contributed by atoms with Crippen molar-refractivity contribution in [3.8, 4) is 0 Å². The second kappa shape index (κ2) is 41.5. The van der Waals surface area contributed by atoms with E-state index in [0.29, 0.717) is 113 Å². The normalized spacial score (nSPS) is 9.88. The number of carbonyl (C=O) groups excluding carboxylic acids is 8. The third-order valence-electron chi connectivity index (χ3n) is 7.24. The van der Waals surface area contributed by atoms with Gasteiger partial charge in [0.05, 0.1) is 0 Å². The van der Waals surface area contributed by atoms with Gasteiger partial charge >= 0.3 is 0 Å². The van der Waals surface area contributed by atoms with Gasteiger partial charge in [-0.3, -0.25) is 28.8 Å². The van der Waals surface area contributed by atoms with Crippen LogP contribution in [0.4, 0.5) is 0 Å². The van der Waals surface area contributed by atoms with Crippen LogP contribution in [0.5, 0.6) is 0 Å². The minimum Gasteiger partial charge on any atom is -0.300 e. The zero-order chi connectivity index (χ0) is 38.3. The number of ketones is 8. The monoisotopic (exact) mass is 695 g/mol. The molecule has 0 saturated carbocycles. The van der Waals surface area contributed by atoms with E-state index >= 15 is 0 Å². The molecule has 8 nitrogen and oxygen atoms in total. The molecule has 0 fully saturated rings. The molecule has 286 valence electrons. The Kier molecular flexibility index (Phi) is 45.1. The second-order valence-corrected chi connectivity index (χ2v) is 12.9. The van der Waals surface area contributed by atoms with E-state index < -0.39 is 0 Å². The molecule has 8 heteroatoms. The summed E-state index contributed by atoms with van der Waals surface area (Å²) in [7, 11) is 0. The first-order chi connectivity index (χ1) is 23.2. The van der Waals surface area contributed by atoms with Crippen molar-refractivity contribution < 1.29 is 38.4 Å². The first kappa shape index (κ1) is 53.2. The average molecular weight is 695 g/mol. The van der Waals surface area contributed by atoms with Gasteiger partial charge in [-0.25, -0.2) is 0 Å². The molecule has 0 aliphatic heterocycles. The molecule has 0 atom stereocenters. The molecule has 0 aliphatic rings. The Hall–Kier alpha value is -2.64. The van der Waals surface area contributed by atoms with Crippen molar-refractivity contribution in [3.05, 3.63) is 0 Å². The topological polar surface area (TPSA) is 137 Å². The molecule has 0 saturated heterocycles. The summed E-state index contributed by atoms with van der Waals surface area (Å²) in [5.41, 5.74) is 0. The molecule has 0 aliphatic carbocycles. The lowest BCUT2D eigenvalue weighted by atomic mass is 10.1. The summed E-state index contributed by atoms with van der Waals surface area (Å²) >= 11 is 0. The summed E-state index contributed by atoms with van der Waals surface area (Å²) in [6, 6.07) is 0. The third-order valence-corrected chi connectivity index (χ3v) is 7.24. The fourth-order valence-electron chi connectivity index (χ4n) is 4.58. The van der Waals surface area contributed by atoms with Crippen LogP contribution in [0.25, 0.3) is 0 Å². The number of carbonyl (C=O) groups is 8. The summed E-state index contributed by atoms with van der Waals surface area (Å²) in [6.07, 6.45) is 18.3. The van der Waals surface area contributed by atoms with Crippen LogP contribution in [0, 0.1) is 0 Å². The molecule has 0 spiro atoms. The third kappa shape index (κ3) is 52.4. The fourth-order valence-corrected chi connectivity index (χ4v) is 4.58. The van der Waals surface area contributed by atoms with Gasteiger partial charge in [-0.1, -0.05) is 41.5 Å². The van der Waals surface area contributed by atoms with Crippen LogP contribution in [-0.4, -0.2) is 46.3 Å². The Morgan fingerprint density at radius 2 is 0.429 bits per heavy atom. The minimum atomic E-state index is 0.212. The van der Waals surface area contributed by atoms with Crippen LogP contribution in [0.2, 0.25) is 0 Å². The maximum atomic E-state index is 11.1. The van der Waals surface area contributed by atoms with Crippen molar-refractivity contribution in [2.24, 2.45) is 0 Å². The molecule has 0 aromatic heterocycles. The Labute approximate surface area is 300 Å². The van der Waals surface area contributed by atoms with E-state index in [-0.39, 0.29) is 23.1 Å². The van der Waals surface area contributed by atoms with Crippen molar-refractivity contribution in [2.75, 3.05) is 0 Å². The SMILES string of the molecule is CC(=O)CCCCC(C)=O.CCCC(=O)CCC(=O)CCC.CCCC(=O)CCCC(=O)CCC.CCCC(=O)CCCCC(=O)CCC. The van der Waals surface area contributed by atoms with E-state index in [1.54, 1.807) is 13.8 Å². The van der Waals surface area contributed by atoms with Gasteiger partial charge in [0.25, 0.3) is 0 Å². The molecule has 0 unspecified atom stereocenters. The molecule has 0 radical (unpaired) electrons. The lowest BCUT2D eigenvalue weighted by Crippen LogP contribution is -2.03. The molecule has 0 heterocycles. The maximum absolute atomic E-state index is 11.1. The van der Waals surface area contributed by atoms with E-state index in [9.17, 15) is 38.4 Å². The summed E-state index contributed by atoms with van der Waals surface area (Å²) in [5, 5.41) is 0. The van der Waals surface area contributed by atoms with Crippen LogP contribution in [0.15, 0.2) is 0 Å². The average Bonchev–Trinajstić information content (AvgIpc) is 3.02. The zero-order valence-electron chi connectivity index (χ0n) is 32.9. The predicted octanol–water partition coefficient (Wildman–Crippen LogP) is 10.4. The number of Topliss-reactive ketones (excluding diaryl/α,β-unsaturated/α-hetero) is 8. The molecule has 0 rings (SSSR count). The standard InChI is InChI=1S/C12H22O2.C11H20O2.C10H18O2.C8H14O2/c1-3-7-11(13)9-5-6-10-12(14)8-4-2;1-3-6-10(12)8-5-9-11(13)7-4-2;1-3-5-9(11)7-8-10(12)6-4-2;1-7(9)5-3-4-6-8(2)10/h3-10H2,1-2H3;3-9H2,1-2H3;3-8H2,1-2H3;3-6H2,1-2H3. The van der Waals surface area contributed by atoms with E-state index in [0.717, 1.165) is 70.6 Å². The highest BCUT2D eigenvalue weighted by molar-refractivity contribution is 5.86. The molecule has 0 aromatic rings. The Bertz CT molecular complexity index is 831. The van der Waals surface area contributed by atoms with Crippen LogP contribution in [0.1, 0.15) is 216 Å². The Balaban J connectivity index is -0.000000277. The van der Waals surface area contributed by atoms with Gasteiger partial charge in [-0.05, 0) is 84.5 Å². The predicted molar refractivity (Wildman–Crippen MR) is 201 cm³/mol. The van der Waals surface area contributed by atoms with E-state index in [1.165, 1.54) is 0 Å². The zero-order valence-corrected chi connectivity index (χ0v) is 32.9. The Morgan fingerprint density at radius 3 is 0.633 bits per heavy atom. The molecule has 49 heavy (non-hydrogen) atoms. The lowest BCUT2D eigenvalue weighted by molar-refractivity contribution is -0.124. The van der Waals surface area contributed by atoms with Gasteiger partial charge < -0.3 is 9.59 Å². The highest BCUT2D eigenvalue weighted by Gasteiger charge is 2.06. The lowest BCUT2D eigenvalue weighted by Gasteiger charge is -1.99. The molecule has 0 aromatic carbocycles. The van der Waals surface area contributed by atoms with Crippen molar-refractivity contribution in [1.29, 1.82) is 0 Å². The van der Waals surface area contributed by atoms with Gasteiger partial charge in [0.2, 0.25) is 0 Å². The van der Waals surface area contributed by atoms with Crippen molar-refractivity contribution in [3.63, 3.8) is 0 Å². The highest BCUT2D eigenvalue weighted by atomic mass is 16.2. The minimum absolute atomic E-state index is 0.212. The smallest absolute Gasteiger partial charge is 0.133 e. The highest BCUT2D eigenvalue weighted by Crippen LogP contribution is 2.07. The summed E-state index contributed by atoms with van der Waals surface area (Å²) in [4.78, 5) is 87.2. The van der Waals surface area contributed by atoms with Crippen molar-refractivity contribution in [1.82, 2.24) is 0 Å². The van der Waals surface area contributed by atoms with Crippen LogP contribution in [0.3, 0.4) is 0 Å². The Morgan fingerprint density at radius 1 is 0.245 bits per heavy atom. The summed E-state index contributed by atoms with van der Waals surface area (Å²) < 4.78 is 0. The molecule has 0 amide bonds. The molecule has 0 N–H and O–H groups in total. The van der Waals surface area contributed by atoms with Crippen LogP contribution in [-0.2, 0) is 38.4 Å². The number of unbranched alkanes of at least 4 members (excludes halogenated alkanes) is 2. The number of hydrogen-bond acceptors (Lipinski definition) is 8. The quantitative estimate of drug-likeness (QED) is 0.0705. The van der Waals surface area contributed by atoms with Gasteiger partial charge in [0, 0.05) is 89.9 Å². The van der Waals surface area contributed by atoms with Crippen LogP contribution >= 0.6 is 0 Å². The summed E-state index contributed by atoms with van der Waals surface area (Å²) in [5.74, 6) is 2.15. The first-order valence-corrected chi connectivity index (χ1v) is 19.3. The second-order valence-electron chi connectivity index (χ2n) is 12.9. The van der Waals surface area contributed by atoms with E-state index in [2.05, 4.69) is 0 Å². The van der Waals surface area contributed by atoms with E-state index in [4.69, 9.17) is 0 Å². The summed E-state index contributed by atoms with van der Waals surface area (Å²) in [6.45, 7) is 15.1. The molecule has 0 bridgehead atoms. The first-order valence-electron chi connectivity index (χ1n) is 19.3. The number of rotatable bonds is 29. The van der Waals surface area contributed by atoms with Gasteiger partial charge in [-0.2, -0.15) is 0 Å². The van der Waals surface area contributed by atoms with Crippen molar-refractivity contribution >= 4 is 46.3 Å². The van der Waals surface area contributed by atoms with E-state index in [1.807, 2.05) is 41.5 Å². The molecular weight excluding hydrogens is 620 g/mol. The van der Waals surface area contributed by atoms with Gasteiger partial charge in [-0.15, -0.1) is 0 Å². The van der Waals surface area contributed by atoms with Gasteiger partial charge in [0.15, 0.2) is 0 Å². The van der Waals surface area contributed by atoms with Gasteiger partial charge in [0.1, 0.15) is 46.3 Å². The fraction of sp³-hybridized carbons (Fsp3) is 0.805.